The zero-order valence-corrected chi connectivity index (χ0v) is 17.7. The monoisotopic (exact) mass is 428 g/mol. The summed E-state index contributed by atoms with van der Waals surface area (Å²) in [5, 5.41) is 7.80. The molecular weight excluding hydrogens is 404 g/mol. The van der Waals surface area contributed by atoms with Gasteiger partial charge in [0.05, 0.1) is 17.9 Å². The number of fused-ring (bicyclic) bond motifs is 1. The van der Waals surface area contributed by atoms with Crippen LogP contribution in [-0.2, 0) is 11.3 Å². The molecule has 30 heavy (non-hydrogen) atoms. The average molecular weight is 429 g/mol. The summed E-state index contributed by atoms with van der Waals surface area (Å²) in [5.41, 5.74) is 1.97. The Morgan fingerprint density at radius 2 is 1.97 bits per heavy atom. The highest BCUT2D eigenvalue weighted by Crippen LogP contribution is 2.30. The summed E-state index contributed by atoms with van der Waals surface area (Å²) >= 11 is 6.19. The van der Waals surface area contributed by atoms with E-state index in [1.165, 1.54) is 9.08 Å². The van der Waals surface area contributed by atoms with Gasteiger partial charge < -0.3 is 15.1 Å². The number of hydrogen-bond donors (Lipinski definition) is 1. The topological polar surface area (TPSA) is 74.9 Å². The molecule has 3 aromatic rings. The highest BCUT2D eigenvalue weighted by molar-refractivity contribution is 6.31. The Hall–Kier alpha value is -2.84. The van der Waals surface area contributed by atoms with Gasteiger partial charge in [-0.15, -0.1) is 5.10 Å². The fourth-order valence-electron chi connectivity index (χ4n) is 3.72. The number of rotatable bonds is 6. The smallest absolute Gasteiger partial charge is 0.350 e. The van der Waals surface area contributed by atoms with E-state index in [2.05, 4.69) is 27.1 Å². The molecular formula is C21H25ClN6O2. The van der Waals surface area contributed by atoms with Crippen LogP contribution in [0.15, 0.2) is 47.4 Å². The number of aryl methyl sites for hydroxylation is 1. The van der Waals surface area contributed by atoms with Crippen LogP contribution in [0.5, 0.6) is 0 Å². The zero-order valence-electron chi connectivity index (χ0n) is 16.9. The highest BCUT2D eigenvalue weighted by atomic mass is 35.5. The lowest BCUT2D eigenvalue weighted by Crippen LogP contribution is -2.46. The first-order valence-corrected chi connectivity index (χ1v) is 10.5. The molecule has 0 bridgehead atoms. The van der Waals surface area contributed by atoms with Crippen LogP contribution < -0.4 is 15.9 Å². The first-order valence-electron chi connectivity index (χ1n) is 10.2. The van der Waals surface area contributed by atoms with E-state index in [4.69, 9.17) is 11.6 Å². The van der Waals surface area contributed by atoms with Gasteiger partial charge in [0.1, 0.15) is 0 Å². The van der Waals surface area contributed by atoms with Crippen molar-refractivity contribution in [3.63, 3.8) is 0 Å². The molecule has 8 nitrogen and oxygen atoms in total. The van der Waals surface area contributed by atoms with Crippen LogP contribution in [-0.4, -0.2) is 57.7 Å². The van der Waals surface area contributed by atoms with E-state index in [1.807, 2.05) is 18.2 Å². The Bertz CT molecular complexity index is 1100. The Morgan fingerprint density at radius 1 is 1.17 bits per heavy atom. The van der Waals surface area contributed by atoms with Crippen LogP contribution in [0.2, 0.25) is 5.02 Å². The molecule has 9 heteroatoms. The van der Waals surface area contributed by atoms with Crippen molar-refractivity contribution in [2.24, 2.45) is 0 Å². The molecule has 2 aromatic heterocycles. The molecule has 158 valence electrons. The summed E-state index contributed by atoms with van der Waals surface area (Å²) in [5.74, 6) is -0.185. The first kappa shape index (κ1) is 20.4. The number of aromatic nitrogens is 3. The molecule has 1 aromatic carbocycles. The van der Waals surface area contributed by atoms with Crippen LogP contribution in [0.25, 0.3) is 5.65 Å². The third-order valence-electron chi connectivity index (χ3n) is 5.43. The summed E-state index contributed by atoms with van der Waals surface area (Å²) in [6.45, 7) is 7.19. The van der Waals surface area contributed by atoms with Crippen molar-refractivity contribution in [3.05, 3.63) is 58.1 Å². The van der Waals surface area contributed by atoms with E-state index in [0.29, 0.717) is 16.4 Å². The second-order valence-electron chi connectivity index (χ2n) is 7.32. The molecule has 1 aliphatic heterocycles. The zero-order chi connectivity index (χ0) is 21.1. The van der Waals surface area contributed by atoms with Crippen molar-refractivity contribution >= 4 is 34.5 Å². The molecule has 0 unspecified atom stereocenters. The van der Waals surface area contributed by atoms with Gasteiger partial charge in [0, 0.05) is 43.8 Å². The van der Waals surface area contributed by atoms with E-state index < -0.39 is 0 Å². The van der Waals surface area contributed by atoms with Gasteiger partial charge in [0.2, 0.25) is 5.91 Å². The molecule has 0 radical (unpaired) electrons. The van der Waals surface area contributed by atoms with Crippen LogP contribution in [0.4, 0.5) is 11.4 Å². The van der Waals surface area contributed by atoms with Crippen molar-refractivity contribution in [1.82, 2.24) is 19.1 Å². The Balaban J connectivity index is 1.44. The van der Waals surface area contributed by atoms with Gasteiger partial charge in [0.25, 0.3) is 0 Å². The maximum Gasteiger partial charge on any atom is 0.350 e. The van der Waals surface area contributed by atoms with Gasteiger partial charge in [0.15, 0.2) is 5.65 Å². The normalized spacial score (nSPS) is 14.9. The molecule has 1 N–H and O–H groups in total. The third-order valence-corrected chi connectivity index (χ3v) is 5.67. The number of nitrogens with one attached hydrogen (secondary N) is 1. The summed E-state index contributed by atoms with van der Waals surface area (Å²) in [4.78, 5) is 29.7. The SMILES string of the molecule is CCN1CCN(c2ccc(Cl)cc2NC(=O)CCn2nc3ccccn3c2=O)CC1. The van der Waals surface area contributed by atoms with Gasteiger partial charge in [-0.3, -0.25) is 9.20 Å². The second-order valence-corrected chi connectivity index (χ2v) is 7.75. The molecule has 0 spiro atoms. The van der Waals surface area contributed by atoms with Crippen LogP contribution >= 0.6 is 11.6 Å². The number of benzene rings is 1. The largest absolute Gasteiger partial charge is 0.367 e. The van der Waals surface area contributed by atoms with E-state index in [9.17, 15) is 9.59 Å². The molecule has 3 heterocycles. The number of nitrogens with zero attached hydrogens (tertiary/aromatic N) is 5. The fraction of sp³-hybridized carbons (Fsp3) is 0.381. The quantitative estimate of drug-likeness (QED) is 0.652. The lowest BCUT2D eigenvalue weighted by atomic mass is 10.2. The first-order chi connectivity index (χ1) is 14.5. The van der Waals surface area contributed by atoms with E-state index in [-0.39, 0.29) is 24.6 Å². The van der Waals surface area contributed by atoms with Gasteiger partial charge in [-0.05, 0) is 36.9 Å². The van der Waals surface area contributed by atoms with Gasteiger partial charge >= 0.3 is 5.69 Å². The van der Waals surface area contributed by atoms with Crippen LogP contribution in [0.3, 0.4) is 0 Å². The molecule has 0 aliphatic carbocycles. The minimum absolute atomic E-state index is 0.138. The summed E-state index contributed by atoms with van der Waals surface area (Å²) in [6, 6.07) is 10.9. The third kappa shape index (κ3) is 4.34. The van der Waals surface area contributed by atoms with Crippen molar-refractivity contribution in [2.45, 2.75) is 19.9 Å². The molecule has 1 fully saturated rings. The second kappa shape index (κ2) is 8.89. The number of pyridine rings is 1. The Labute approximate surface area is 179 Å². The number of likely N-dealkylation sites (N-methyl/N-ethyl adjacent to an activating group) is 1. The van der Waals surface area contributed by atoms with Crippen LogP contribution in [0.1, 0.15) is 13.3 Å². The standard InChI is InChI=1S/C21H25ClN6O2/c1-2-25-11-13-26(14-12-25)18-7-6-16(22)15-17(18)23-20(29)8-10-28-21(30)27-9-4-3-5-19(27)24-28/h3-7,9,15H,2,8,10-14H2,1H3,(H,23,29). The number of halogens is 1. The van der Waals surface area contributed by atoms with Gasteiger partial charge in [-0.2, -0.15) is 0 Å². The van der Waals surface area contributed by atoms with Gasteiger partial charge in [-0.25, -0.2) is 9.48 Å². The van der Waals surface area contributed by atoms with Crippen molar-refractivity contribution in [3.8, 4) is 0 Å². The summed E-state index contributed by atoms with van der Waals surface area (Å²) in [6.07, 6.45) is 1.80. The minimum Gasteiger partial charge on any atom is -0.367 e. The number of hydrogen-bond acceptors (Lipinski definition) is 5. The maximum atomic E-state index is 12.6. The average Bonchev–Trinajstić information content (AvgIpc) is 3.08. The Kier molecular flexibility index (Phi) is 6.06. The number of carbonyl (C=O) groups is 1. The van der Waals surface area contributed by atoms with Crippen LogP contribution in [0, 0.1) is 0 Å². The highest BCUT2D eigenvalue weighted by Gasteiger charge is 2.19. The van der Waals surface area contributed by atoms with E-state index >= 15 is 0 Å². The predicted molar refractivity (Wildman–Crippen MR) is 118 cm³/mol. The number of anilines is 2. The van der Waals surface area contributed by atoms with Crippen molar-refractivity contribution in [1.29, 1.82) is 0 Å². The van der Waals surface area contributed by atoms with Gasteiger partial charge in [-0.1, -0.05) is 24.6 Å². The van der Waals surface area contributed by atoms with E-state index in [1.54, 1.807) is 24.4 Å². The molecule has 1 amide bonds. The fourth-order valence-corrected chi connectivity index (χ4v) is 3.90. The maximum absolute atomic E-state index is 12.6. The summed E-state index contributed by atoms with van der Waals surface area (Å²) in [7, 11) is 0. The lowest BCUT2D eigenvalue weighted by molar-refractivity contribution is -0.116. The molecule has 0 atom stereocenters. The van der Waals surface area contributed by atoms with Crippen molar-refractivity contribution in [2.75, 3.05) is 42.9 Å². The molecule has 0 saturated carbocycles. The van der Waals surface area contributed by atoms with Crippen molar-refractivity contribution < 1.29 is 4.79 Å². The Morgan fingerprint density at radius 3 is 2.70 bits per heavy atom. The number of carbonyl (C=O) groups excluding carboxylic acids is 1. The lowest BCUT2D eigenvalue weighted by Gasteiger charge is -2.36. The number of amides is 1. The predicted octanol–water partition coefficient (Wildman–Crippen LogP) is 2.32. The molecule has 1 aliphatic rings. The molecule has 1 saturated heterocycles. The minimum atomic E-state index is -0.254. The number of piperazine rings is 1. The molecule has 4 rings (SSSR count). The van der Waals surface area contributed by atoms with E-state index in [0.717, 1.165) is 38.4 Å². The summed E-state index contributed by atoms with van der Waals surface area (Å²) < 4.78 is 2.78.